The topological polar surface area (TPSA) is 50.4 Å². The lowest BCUT2D eigenvalue weighted by Gasteiger charge is -2.18. The lowest BCUT2D eigenvalue weighted by Crippen LogP contribution is -2.21. The molecule has 1 unspecified atom stereocenters. The van der Waals surface area contributed by atoms with E-state index in [1.54, 1.807) is 24.3 Å². The summed E-state index contributed by atoms with van der Waals surface area (Å²) in [4.78, 5) is 11.1. The largest absolute Gasteiger partial charge is 0.573 e. The Balaban J connectivity index is 2.05. The van der Waals surface area contributed by atoms with E-state index in [1.807, 2.05) is 19.1 Å². The molecular formula is C18H19F3N2O2. The highest BCUT2D eigenvalue weighted by Crippen LogP contribution is 2.27. The first-order valence-corrected chi connectivity index (χ1v) is 7.69. The van der Waals surface area contributed by atoms with Crippen LogP contribution in [0.3, 0.4) is 0 Å². The van der Waals surface area contributed by atoms with Crippen LogP contribution in [0.25, 0.3) is 0 Å². The van der Waals surface area contributed by atoms with E-state index in [0.29, 0.717) is 11.3 Å². The molecule has 1 amide bonds. The van der Waals surface area contributed by atoms with Crippen LogP contribution in [0, 0.1) is 0 Å². The quantitative estimate of drug-likeness (QED) is 0.810. The van der Waals surface area contributed by atoms with Gasteiger partial charge in [0.15, 0.2) is 0 Å². The van der Waals surface area contributed by atoms with Crippen molar-refractivity contribution in [2.75, 3.05) is 5.32 Å². The Morgan fingerprint density at radius 3 is 2.56 bits per heavy atom. The van der Waals surface area contributed by atoms with Crippen LogP contribution in [-0.2, 0) is 11.3 Å². The Hall–Kier alpha value is -2.54. The number of amides is 1. The number of alkyl halides is 3. The summed E-state index contributed by atoms with van der Waals surface area (Å²) in [5.41, 5.74) is 1.98. The fraction of sp³-hybridized carbons (Fsp3) is 0.278. The van der Waals surface area contributed by atoms with E-state index in [2.05, 4.69) is 15.4 Å². The Labute approximate surface area is 144 Å². The summed E-state index contributed by atoms with van der Waals surface area (Å²) in [6.07, 6.45) is -4.73. The molecule has 0 bridgehead atoms. The van der Waals surface area contributed by atoms with E-state index in [1.165, 1.54) is 19.1 Å². The van der Waals surface area contributed by atoms with Gasteiger partial charge in [-0.05, 0) is 30.7 Å². The minimum absolute atomic E-state index is 0.132. The molecule has 2 aromatic rings. The molecule has 0 saturated heterocycles. The second-order valence-corrected chi connectivity index (χ2v) is 5.56. The highest BCUT2D eigenvalue weighted by molar-refractivity contribution is 5.88. The van der Waals surface area contributed by atoms with Crippen molar-refractivity contribution in [2.24, 2.45) is 0 Å². The Morgan fingerprint density at radius 1 is 1.16 bits per heavy atom. The van der Waals surface area contributed by atoms with Crippen LogP contribution < -0.4 is 15.4 Å². The molecule has 0 fully saturated rings. The number of rotatable bonds is 6. The monoisotopic (exact) mass is 352 g/mol. The summed E-state index contributed by atoms with van der Waals surface area (Å²) in [6.45, 7) is 3.52. The van der Waals surface area contributed by atoms with Crippen molar-refractivity contribution >= 4 is 11.6 Å². The van der Waals surface area contributed by atoms with Crippen molar-refractivity contribution in [3.8, 4) is 5.75 Å². The molecular weight excluding hydrogens is 333 g/mol. The highest BCUT2D eigenvalue weighted by Gasteiger charge is 2.31. The number of para-hydroxylation sites is 1. The van der Waals surface area contributed by atoms with Gasteiger partial charge in [-0.25, -0.2) is 0 Å². The van der Waals surface area contributed by atoms with Crippen molar-refractivity contribution in [3.05, 3.63) is 59.7 Å². The first-order chi connectivity index (χ1) is 11.7. The van der Waals surface area contributed by atoms with Gasteiger partial charge in [0.25, 0.3) is 0 Å². The van der Waals surface area contributed by atoms with Gasteiger partial charge in [-0.2, -0.15) is 0 Å². The smallest absolute Gasteiger partial charge is 0.405 e. The molecule has 0 saturated carbocycles. The normalized spacial score (nSPS) is 12.5. The van der Waals surface area contributed by atoms with Gasteiger partial charge >= 0.3 is 6.36 Å². The number of anilines is 1. The average molecular weight is 352 g/mol. The fourth-order valence-corrected chi connectivity index (χ4v) is 2.34. The van der Waals surface area contributed by atoms with E-state index in [9.17, 15) is 18.0 Å². The maximum absolute atomic E-state index is 12.5. The molecule has 134 valence electrons. The second-order valence-electron chi connectivity index (χ2n) is 5.56. The third-order valence-electron chi connectivity index (χ3n) is 3.50. The van der Waals surface area contributed by atoms with Gasteiger partial charge in [0.05, 0.1) is 0 Å². The van der Waals surface area contributed by atoms with Crippen LogP contribution in [0.2, 0.25) is 0 Å². The number of hydrogen-bond acceptors (Lipinski definition) is 3. The molecule has 0 aliphatic carbocycles. The zero-order chi connectivity index (χ0) is 18.4. The number of carbonyl (C=O) groups is 1. The number of halogens is 3. The molecule has 0 spiro atoms. The molecule has 7 heteroatoms. The fourth-order valence-electron chi connectivity index (χ4n) is 2.34. The van der Waals surface area contributed by atoms with Crippen molar-refractivity contribution in [1.82, 2.24) is 5.32 Å². The van der Waals surface area contributed by atoms with Gasteiger partial charge in [-0.1, -0.05) is 30.3 Å². The van der Waals surface area contributed by atoms with Crippen LogP contribution in [0.1, 0.15) is 31.0 Å². The van der Waals surface area contributed by atoms with Gasteiger partial charge in [0.1, 0.15) is 5.75 Å². The lowest BCUT2D eigenvalue weighted by molar-refractivity contribution is -0.274. The third kappa shape index (κ3) is 6.11. The maximum atomic E-state index is 12.5. The highest BCUT2D eigenvalue weighted by atomic mass is 19.4. The van der Waals surface area contributed by atoms with E-state index >= 15 is 0 Å². The van der Waals surface area contributed by atoms with Crippen LogP contribution in [0.15, 0.2) is 48.5 Å². The van der Waals surface area contributed by atoms with Crippen LogP contribution >= 0.6 is 0 Å². The third-order valence-corrected chi connectivity index (χ3v) is 3.50. The predicted octanol–water partition coefficient (Wildman–Crippen LogP) is 4.39. The molecule has 0 aromatic heterocycles. The van der Waals surface area contributed by atoms with E-state index < -0.39 is 6.36 Å². The minimum atomic E-state index is -4.73. The zero-order valence-electron chi connectivity index (χ0n) is 13.9. The van der Waals surface area contributed by atoms with Gasteiger partial charge in [-0.15, -0.1) is 13.2 Å². The summed E-state index contributed by atoms with van der Waals surface area (Å²) in [7, 11) is 0. The molecule has 2 N–H and O–H groups in total. The summed E-state index contributed by atoms with van der Waals surface area (Å²) in [5, 5.41) is 5.86. The zero-order valence-corrected chi connectivity index (χ0v) is 13.9. The molecule has 0 aliphatic rings. The number of hydrogen-bond donors (Lipinski definition) is 2. The van der Waals surface area contributed by atoms with E-state index in [4.69, 9.17) is 0 Å². The molecule has 2 aromatic carbocycles. The number of carbonyl (C=O) groups excluding carboxylic acids is 1. The van der Waals surface area contributed by atoms with Crippen LogP contribution in [-0.4, -0.2) is 12.3 Å². The van der Waals surface area contributed by atoms with Crippen molar-refractivity contribution in [2.45, 2.75) is 32.8 Å². The van der Waals surface area contributed by atoms with E-state index in [-0.39, 0.29) is 24.2 Å². The van der Waals surface area contributed by atoms with Gasteiger partial charge in [0, 0.05) is 30.8 Å². The van der Waals surface area contributed by atoms with Crippen LogP contribution in [0.5, 0.6) is 5.75 Å². The summed E-state index contributed by atoms with van der Waals surface area (Å²) >= 11 is 0. The molecule has 0 heterocycles. The van der Waals surface area contributed by atoms with Crippen molar-refractivity contribution in [3.63, 3.8) is 0 Å². The summed E-state index contributed by atoms with van der Waals surface area (Å²) in [6, 6.07) is 13.1. The Kier molecular flexibility index (Phi) is 6.03. The van der Waals surface area contributed by atoms with Gasteiger partial charge < -0.3 is 15.4 Å². The Morgan fingerprint density at radius 2 is 1.88 bits per heavy atom. The predicted molar refractivity (Wildman–Crippen MR) is 89.1 cm³/mol. The van der Waals surface area contributed by atoms with Gasteiger partial charge in [0.2, 0.25) is 5.91 Å². The van der Waals surface area contributed by atoms with E-state index in [0.717, 1.165) is 5.56 Å². The molecule has 0 aliphatic heterocycles. The minimum Gasteiger partial charge on any atom is -0.405 e. The lowest BCUT2D eigenvalue weighted by atomic mass is 10.1. The Bertz CT molecular complexity index is 732. The van der Waals surface area contributed by atoms with Crippen molar-refractivity contribution < 1.29 is 22.7 Å². The molecule has 25 heavy (non-hydrogen) atoms. The standard InChI is InChI=1S/C18H19F3N2O2/c1-12(14-7-5-8-16(10-14)23-13(2)24)22-11-15-6-3-4-9-17(15)25-18(19,20)21/h3-10,12,22H,11H2,1-2H3,(H,23,24). The first-order valence-electron chi connectivity index (χ1n) is 7.69. The van der Waals surface area contributed by atoms with Crippen molar-refractivity contribution in [1.29, 1.82) is 0 Å². The number of nitrogens with one attached hydrogen (secondary N) is 2. The SMILES string of the molecule is CC(=O)Nc1cccc(C(C)NCc2ccccc2OC(F)(F)F)c1. The number of ether oxygens (including phenoxy) is 1. The average Bonchev–Trinajstić information content (AvgIpc) is 2.52. The second kappa shape index (κ2) is 8.02. The van der Waals surface area contributed by atoms with Crippen LogP contribution in [0.4, 0.5) is 18.9 Å². The summed E-state index contributed by atoms with van der Waals surface area (Å²) < 4.78 is 41.4. The maximum Gasteiger partial charge on any atom is 0.573 e. The molecule has 4 nitrogen and oxygen atoms in total. The first kappa shape index (κ1) is 18.8. The molecule has 2 rings (SSSR count). The molecule has 1 atom stereocenters. The molecule has 0 radical (unpaired) electrons. The van der Waals surface area contributed by atoms with Gasteiger partial charge in [-0.3, -0.25) is 4.79 Å². The number of benzene rings is 2. The summed E-state index contributed by atoms with van der Waals surface area (Å²) in [5.74, 6) is -0.391.